The Morgan fingerprint density at radius 3 is 2.67 bits per heavy atom. The Bertz CT molecular complexity index is 774. The zero-order valence-corrected chi connectivity index (χ0v) is 11.7. The van der Waals surface area contributed by atoms with E-state index in [9.17, 15) is 4.79 Å². The van der Waals surface area contributed by atoms with Gasteiger partial charge in [-0.15, -0.1) is 0 Å². The summed E-state index contributed by atoms with van der Waals surface area (Å²) in [6.45, 7) is 3.77. The van der Waals surface area contributed by atoms with Crippen LogP contribution in [0.25, 0.3) is 11.3 Å². The molecule has 0 aliphatic rings. The molecule has 3 aromatic rings. The van der Waals surface area contributed by atoms with Crippen LogP contribution in [0.3, 0.4) is 0 Å². The molecule has 2 aromatic heterocycles. The molecule has 0 saturated heterocycles. The molecule has 2 heterocycles. The lowest BCUT2D eigenvalue weighted by atomic mass is 10.1. The van der Waals surface area contributed by atoms with Crippen LogP contribution in [0.15, 0.2) is 40.9 Å². The molecule has 0 atom stereocenters. The fourth-order valence-corrected chi connectivity index (χ4v) is 1.90. The molecule has 0 radical (unpaired) electrons. The highest BCUT2D eigenvalue weighted by atomic mass is 16.5. The van der Waals surface area contributed by atoms with E-state index in [0.717, 1.165) is 16.8 Å². The van der Waals surface area contributed by atoms with Crippen LogP contribution in [0.1, 0.15) is 21.7 Å². The van der Waals surface area contributed by atoms with E-state index in [4.69, 9.17) is 4.52 Å². The summed E-state index contributed by atoms with van der Waals surface area (Å²) in [5, 5.41) is 13.4. The second-order valence-corrected chi connectivity index (χ2v) is 4.72. The molecule has 6 nitrogen and oxygen atoms in total. The number of aromatic nitrogens is 3. The van der Waals surface area contributed by atoms with E-state index >= 15 is 0 Å². The van der Waals surface area contributed by atoms with E-state index in [2.05, 4.69) is 20.7 Å². The summed E-state index contributed by atoms with van der Waals surface area (Å²) in [6, 6.07) is 11.1. The number of H-pyrrole nitrogens is 1. The molecule has 0 unspecified atom stereocenters. The van der Waals surface area contributed by atoms with Gasteiger partial charge in [-0.2, -0.15) is 5.10 Å². The second kappa shape index (κ2) is 5.24. The summed E-state index contributed by atoms with van der Waals surface area (Å²) in [7, 11) is 0. The highest BCUT2D eigenvalue weighted by Gasteiger charge is 2.16. The van der Waals surface area contributed by atoms with Gasteiger partial charge in [0.2, 0.25) is 0 Å². The van der Waals surface area contributed by atoms with Crippen molar-refractivity contribution in [1.82, 2.24) is 15.4 Å². The minimum absolute atomic E-state index is 0.217. The Kier molecular flexibility index (Phi) is 3.27. The number of nitrogens with one attached hydrogen (secondary N) is 2. The molecule has 0 saturated carbocycles. The average Bonchev–Trinajstić information content (AvgIpc) is 3.11. The zero-order chi connectivity index (χ0) is 14.8. The van der Waals surface area contributed by atoms with Crippen LogP contribution >= 0.6 is 0 Å². The molecule has 0 bridgehead atoms. The third-order valence-corrected chi connectivity index (χ3v) is 3.29. The molecule has 2 N–H and O–H groups in total. The van der Waals surface area contributed by atoms with E-state index in [1.165, 1.54) is 0 Å². The summed E-state index contributed by atoms with van der Waals surface area (Å²) < 4.78 is 5.21. The molecular weight excluding hydrogens is 268 g/mol. The lowest BCUT2D eigenvalue weighted by Crippen LogP contribution is -2.13. The van der Waals surface area contributed by atoms with Gasteiger partial charge in [-0.3, -0.25) is 9.89 Å². The van der Waals surface area contributed by atoms with Gasteiger partial charge in [-0.25, -0.2) is 0 Å². The van der Waals surface area contributed by atoms with E-state index < -0.39 is 0 Å². The molecule has 0 spiro atoms. The SMILES string of the molecule is Cc1[nH]nc(NC(=O)c2cc(-c3ccccc3)on2)c1C. The third kappa shape index (κ3) is 2.55. The van der Waals surface area contributed by atoms with Crippen molar-refractivity contribution in [3.05, 3.63) is 53.3 Å². The van der Waals surface area contributed by atoms with Crippen molar-refractivity contribution in [1.29, 1.82) is 0 Å². The molecule has 0 aliphatic carbocycles. The first kappa shape index (κ1) is 13.1. The third-order valence-electron chi connectivity index (χ3n) is 3.29. The van der Waals surface area contributed by atoms with Gasteiger partial charge >= 0.3 is 0 Å². The molecule has 21 heavy (non-hydrogen) atoms. The van der Waals surface area contributed by atoms with Gasteiger partial charge in [-0.1, -0.05) is 35.5 Å². The number of hydrogen-bond donors (Lipinski definition) is 2. The summed E-state index contributed by atoms with van der Waals surface area (Å²) in [5.41, 5.74) is 2.90. The first-order chi connectivity index (χ1) is 10.1. The fraction of sp³-hybridized carbons (Fsp3) is 0.133. The van der Waals surface area contributed by atoms with Gasteiger partial charge in [-0.05, 0) is 13.8 Å². The summed E-state index contributed by atoms with van der Waals surface area (Å²) >= 11 is 0. The van der Waals surface area contributed by atoms with Crippen LogP contribution in [-0.4, -0.2) is 21.3 Å². The van der Waals surface area contributed by atoms with E-state index in [1.54, 1.807) is 6.07 Å². The molecular formula is C15H14N4O2. The lowest BCUT2D eigenvalue weighted by Gasteiger charge is -1.99. The average molecular weight is 282 g/mol. The smallest absolute Gasteiger partial charge is 0.279 e. The number of benzene rings is 1. The predicted octanol–water partition coefficient (Wildman–Crippen LogP) is 2.93. The van der Waals surface area contributed by atoms with Gasteiger partial charge in [0.15, 0.2) is 17.3 Å². The minimum Gasteiger partial charge on any atom is -0.355 e. The van der Waals surface area contributed by atoms with Crippen molar-refractivity contribution in [2.45, 2.75) is 13.8 Å². The van der Waals surface area contributed by atoms with E-state index in [-0.39, 0.29) is 11.6 Å². The molecule has 0 fully saturated rings. The molecule has 1 amide bonds. The minimum atomic E-state index is -0.351. The largest absolute Gasteiger partial charge is 0.355 e. The maximum Gasteiger partial charge on any atom is 0.279 e. The van der Waals surface area contributed by atoms with Gasteiger partial charge in [0.05, 0.1) is 0 Å². The quantitative estimate of drug-likeness (QED) is 0.773. The first-order valence-corrected chi connectivity index (χ1v) is 6.50. The molecule has 3 rings (SSSR count). The Morgan fingerprint density at radius 2 is 2.00 bits per heavy atom. The fourth-order valence-electron chi connectivity index (χ4n) is 1.90. The van der Waals surface area contributed by atoms with Crippen molar-refractivity contribution in [2.75, 3.05) is 5.32 Å². The predicted molar refractivity (Wildman–Crippen MR) is 78.0 cm³/mol. The standard InChI is InChI=1S/C15H14N4O2/c1-9-10(2)17-18-14(9)16-15(20)12-8-13(21-19-12)11-6-4-3-5-7-11/h3-8H,1-2H3,(H2,16,17,18,20). The highest BCUT2D eigenvalue weighted by molar-refractivity contribution is 6.03. The molecule has 0 aliphatic heterocycles. The van der Waals surface area contributed by atoms with Crippen molar-refractivity contribution in [3.63, 3.8) is 0 Å². The number of carbonyl (C=O) groups excluding carboxylic acids is 1. The Labute approximate surface area is 121 Å². The van der Waals surface area contributed by atoms with Crippen LogP contribution < -0.4 is 5.32 Å². The topological polar surface area (TPSA) is 83.8 Å². The molecule has 1 aromatic carbocycles. The number of hydrogen-bond acceptors (Lipinski definition) is 4. The van der Waals surface area contributed by atoms with Crippen LogP contribution in [0.2, 0.25) is 0 Å². The summed E-state index contributed by atoms with van der Waals surface area (Å²) in [5.74, 6) is 0.702. The first-order valence-electron chi connectivity index (χ1n) is 6.50. The van der Waals surface area contributed by atoms with Crippen molar-refractivity contribution < 1.29 is 9.32 Å². The number of carbonyl (C=O) groups is 1. The maximum absolute atomic E-state index is 12.1. The molecule has 106 valence electrons. The van der Waals surface area contributed by atoms with Crippen molar-refractivity contribution >= 4 is 11.7 Å². The van der Waals surface area contributed by atoms with Gasteiger partial charge in [0, 0.05) is 22.9 Å². The number of nitrogens with zero attached hydrogens (tertiary/aromatic N) is 2. The normalized spacial score (nSPS) is 10.6. The Hall–Kier alpha value is -2.89. The zero-order valence-electron chi connectivity index (χ0n) is 11.7. The second-order valence-electron chi connectivity index (χ2n) is 4.72. The maximum atomic E-state index is 12.1. The van der Waals surface area contributed by atoms with Crippen LogP contribution in [0.4, 0.5) is 5.82 Å². The summed E-state index contributed by atoms with van der Waals surface area (Å²) in [6.07, 6.45) is 0. The van der Waals surface area contributed by atoms with Crippen molar-refractivity contribution in [3.8, 4) is 11.3 Å². The van der Waals surface area contributed by atoms with Gasteiger partial charge in [0.1, 0.15) is 0 Å². The number of amides is 1. The number of aryl methyl sites for hydroxylation is 1. The Morgan fingerprint density at radius 1 is 1.24 bits per heavy atom. The number of aromatic amines is 1. The monoisotopic (exact) mass is 282 g/mol. The number of anilines is 1. The Balaban J connectivity index is 1.80. The van der Waals surface area contributed by atoms with Gasteiger partial charge < -0.3 is 9.84 Å². The summed E-state index contributed by atoms with van der Waals surface area (Å²) in [4.78, 5) is 12.1. The van der Waals surface area contributed by atoms with E-state index in [1.807, 2.05) is 44.2 Å². The number of rotatable bonds is 3. The molecule has 6 heteroatoms. The van der Waals surface area contributed by atoms with Crippen LogP contribution in [-0.2, 0) is 0 Å². The van der Waals surface area contributed by atoms with Crippen LogP contribution in [0.5, 0.6) is 0 Å². The van der Waals surface area contributed by atoms with Crippen molar-refractivity contribution in [2.24, 2.45) is 0 Å². The van der Waals surface area contributed by atoms with Gasteiger partial charge in [0.25, 0.3) is 5.91 Å². The van der Waals surface area contributed by atoms with Crippen LogP contribution in [0, 0.1) is 13.8 Å². The lowest BCUT2D eigenvalue weighted by molar-refractivity contribution is 0.101. The highest BCUT2D eigenvalue weighted by Crippen LogP contribution is 2.21. The van der Waals surface area contributed by atoms with E-state index in [0.29, 0.717) is 11.6 Å².